The molecule has 100 valence electrons. The van der Waals surface area contributed by atoms with Crippen LogP contribution in [0.1, 0.15) is 0 Å². The van der Waals surface area contributed by atoms with Crippen molar-refractivity contribution in [1.29, 1.82) is 0 Å². The smallest absolute Gasteiger partial charge is 0.181 e. The largest absolute Gasteiger partial charge is 0.380 e. The minimum absolute atomic E-state index is 0.179. The van der Waals surface area contributed by atoms with Crippen molar-refractivity contribution in [2.24, 2.45) is 0 Å². The van der Waals surface area contributed by atoms with E-state index in [2.05, 4.69) is 26.1 Å². The zero-order valence-electron chi connectivity index (χ0n) is 10.2. The molecule has 0 bridgehead atoms. The van der Waals surface area contributed by atoms with Gasteiger partial charge in [-0.25, -0.2) is 4.39 Å². The van der Waals surface area contributed by atoms with Gasteiger partial charge in [-0.05, 0) is 40.2 Å². The van der Waals surface area contributed by atoms with Crippen LogP contribution in [0.2, 0.25) is 0 Å². The van der Waals surface area contributed by atoms with Gasteiger partial charge in [0.25, 0.3) is 0 Å². The van der Waals surface area contributed by atoms with Crippen LogP contribution < -0.4 is 5.73 Å². The van der Waals surface area contributed by atoms with E-state index < -0.39 is 5.82 Å². The first-order chi connectivity index (χ1) is 9.68. The lowest BCUT2D eigenvalue weighted by Crippen LogP contribution is -1.92. The predicted octanol–water partition coefficient (Wildman–Crippen LogP) is 3.89. The molecule has 3 aromatic rings. The normalized spacial score (nSPS) is 10.7. The highest BCUT2D eigenvalue weighted by molar-refractivity contribution is 9.10. The summed E-state index contributed by atoms with van der Waals surface area (Å²) in [7, 11) is 0. The Bertz CT molecular complexity index is 758. The molecule has 3 rings (SSSR count). The lowest BCUT2D eigenvalue weighted by molar-refractivity contribution is 0.433. The van der Waals surface area contributed by atoms with Crippen LogP contribution in [-0.4, -0.2) is 10.1 Å². The van der Waals surface area contributed by atoms with E-state index in [1.807, 2.05) is 6.07 Å². The van der Waals surface area contributed by atoms with E-state index in [-0.39, 0.29) is 17.1 Å². The summed E-state index contributed by atoms with van der Waals surface area (Å²) in [5.41, 5.74) is 7.17. The van der Waals surface area contributed by atoms with Crippen LogP contribution in [0.15, 0.2) is 51.6 Å². The first-order valence-electron chi connectivity index (χ1n) is 5.79. The molecular formula is C14H9BrFN3O. The molecule has 4 nitrogen and oxygen atoms in total. The molecule has 0 amide bonds. The first kappa shape index (κ1) is 12.8. The third-order valence-corrected chi connectivity index (χ3v) is 3.45. The van der Waals surface area contributed by atoms with Gasteiger partial charge < -0.3 is 10.3 Å². The number of nitrogens with two attached hydrogens (primary N) is 1. The summed E-state index contributed by atoms with van der Waals surface area (Å²) in [5.74, 6) is 0.0129. The summed E-state index contributed by atoms with van der Waals surface area (Å²) in [6, 6.07) is 10.3. The Morgan fingerprint density at radius 2 is 2.00 bits per heavy atom. The molecule has 0 unspecified atom stereocenters. The Hall–Kier alpha value is -2.21. The maximum absolute atomic E-state index is 14.2. The van der Waals surface area contributed by atoms with Gasteiger partial charge in [0.1, 0.15) is 5.82 Å². The number of aromatic nitrogens is 2. The minimum Gasteiger partial charge on any atom is -0.380 e. The second-order valence-corrected chi connectivity index (χ2v) is 4.94. The second kappa shape index (κ2) is 5.05. The van der Waals surface area contributed by atoms with Gasteiger partial charge in [-0.15, -0.1) is 0 Å². The van der Waals surface area contributed by atoms with E-state index in [1.54, 1.807) is 36.5 Å². The summed E-state index contributed by atoms with van der Waals surface area (Å²) < 4.78 is 19.7. The Kier molecular flexibility index (Phi) is 3.23. The van der Waals surface area contributed by atoms with Crippen molar-refractivity contribution in [2.75, 3.05) is 5.73 Å². The van der Waals surface area contributed by atoms with Crippen LogP contribution in [0.5, 0.6) is 0 Å². The molecule has 2 heterocycles. The fourth-order valence-corrected chi connectivity index (χ4v) is 2.29. The highest BCUT2D eigenvalue weighted by Gasteiger charge is 2.21. The van der Waals surface area contributed by atoms with Crippen molar-refractivity contribution in [3.8, 4) is 22.6 Å². The Morgan fingerprint density at radius 3 is 2.75 bits per heavy atom. The van der Waals surface area contributed by atoms with E-state index >= 15 is 0 Å². The summed E-state index contributed by atoms with van der Waals surface area (Å²) in [6.45, 7) is 0. The molecular weight excluding hydrogens is 325 g/mol. The number of hydrogen-bond donors (Lipinski definition) is 1. The highest BCUT2D eigenvalue weighted by atomic mass is 79.9. The number of anilines is 1. The van der Waals surface area contributed by atoms with E-state index in [0.717, 1.165) is 0 Å². The standard InChI is InChI=1S/C14H9BrFN3O/c15-9-5-3-4-8(12(9)16)13-11(14(17)19-20-13)10-6-1-2-7-18-10/h1-7H,(H2,17,19). The molecule has 0 saturated heterocycles. The highest BCUT2D eigenvalue weighted by Crippen LogP contribution is 2.37. The van der Waals surface area contributed by atoms with Crippen molar-refractivity contribution in [1.82, 2.24) is 10.1 Å². The van der Waals surface area contributed by atoms with Crippen LogP contribution in [-0.2, 0) is 0 Å². The number of pyridine rings is 1. The summed E-state index contributed by atoms with van der Waals surface area (Å²) in [4.78, 5) is 4.21. The Balaban J connectivity index is 2.24. The molecule has 0 atom stereocenters. The minimum atomic E-state index is -0.430. The Morgan fingerprint density at radius 1 is 1.15 bits per heavy atom. The molecule has 2 N–H and O–H groups in total. The van der Waals surface area contributed by atoms with Gasteiger partial charge >= 0.3 is 0 Å². The average Bonchev–Trinajstić information content (AvgIpc) is 2.84. The SMILES string of the molecule is Nc1noc(-c2cccc(Br)c2F)c1-c1ccccn1. The summed E-state index contributed by atoms with van der Waals surface area (Å²) in [5, 5.41) is 3.72. The topological polar surface area (TPSA) is 64.9 Å². The van der Waals surface area contributed by atoms with Crippen molar-refractivity contribution >= 4 is 21.7 Å². The number of halogens is 2. The summed E-state index contributed by atoms with van der Waals surface area (Å²) in [6.07, 6.45) is 1.63. The molecule has 0 spiro atoms. The van der Waals surface area contributed by atoms with E-state index in [9.17, 15) is 4.39 Å². The number of nitrogen functional groups attached to an aromatic ring is 1. The molecule has 0 saturated carbocycles. The van der Waals surface area contributed by atoms with Gasteiger partial charge in [0.2, 0.25) is 0 Å². The number of benzene rings is 1. The van der Waals surface area contributed by atoms with Crippen LogP contribution in [0.25, 0.3) is 22.6 Å². The molecule has 1 aromatic carbocycles. The fourth-order valence-electron chi connectivity index (χ4n) is 1.92. The molecule has 0 aliphatic carbocycles. The maximum Gasteiger partial charge on any atom is 0.181 e. The molecule has 0 fully saturated rings. The number of rotatable bonds is 2. The monoisotopic (exact) mass is 333 g/mol. The van der Waals surface area contributed by atoms with Gasteiger partial charge in [-0.1, -0.05) is 17.3 Å². The van der Waals surface area contributed by atoms with E-state index in [0.29, 0.717) is 15.7 Å². The van der Waals surface area contributed by atoms with Crippen LogP contribution in [0.4, 0.5) is 10.2 Å². The van der Waals surface area contributed by atoms with E-state index in [4.69, 9.17) is 10.3 Å². The molecule has 0 radical (unpaired) electrons. The lowest BCUT2D eigenvalue weighted by Gasteiger charge is -2.04. The zero-order valence-corrected chi connectivity index (χ0v) is 11.8. The van der Waals surface area contributed by atoms with Gasteiger partial charge in [-0.3, -0.25) is 4.98 Å². The van der Waals surface area contributed by atoms with Gasteiger partial charge in [0.15, 0.2) is 11.6 Å². The molecule has 6 heteroatoms. The fraction of sp³-hybridized carbons (Fsp3) is 0. The van der Waals surface area contributed by atoms with Crippen LogP contribution >= 0.6 is 15.9 Å². The van der Waals surface area contributed by atoms with Crippen LogP contribution in [0, 0.1) is 5.82 Å². The van der Waals surface area contributed by atoms with Crippen molar-refractivity contribution in [3.63, 3.8) is 0 Å². The second-order valence-electron chi connectivity index (χ2n) is 4.09. The van der Waals surface area contributed by atoms with Gasteiger partial charge in [0.05, 0.1) is 21.3 Å². The number of nitrogens with zero attached hydrogens (tertiary/aromatic N) is 2. The maximum atomic E-state index is 14.2. The van der Waals surface area contributed by atoms with Crippen molar-refractivity contribution < 1.29 is 8.91 Å². The third-order valence-electron chi connectivity index (χ3n) is 2.84. The van der Waals surface area contributed by atoms with E-state index in [1.165, 1.54) is 0 Å². The number of hydrogen-bond acceptors (Lipinski definition) is 4. The average molecular weight is 334 g/mol. The van der Waals surface area contributed by atoms with Gasteiger partial charge in [-0.2, -0.15) is 0 Å². The molecule has 2 aromatic heterocycles. The van der Waals surface area contributed by atoms with Gasteiger partial charge in [0, 0.05) is 6.20 Å². The molecule has 0 aliphatic heterocycles. The summed E-state index contributed by atoms with van der Waals surface area (Å²) >= 11 is 3.15. The first-order valence-corrected chi connectivity index (χ1v) is 6.58. The third kappa shape index (κ3) is 2.08. The molecule has 0 aliphatic rings. The quantitative estimate of drug-likeness (QED) is 0.772. The molecule has 20 heavy (non-hydrogen) atoms. The zero-order chi connectivity index (χ0) is 14.1. The lowest BCUT2D eigenvalue weighted by atomic mass is 10.1. The van der Waals surface area contributed by atoms with Crippen LogP contribution in [0.3, 0.4) is 0 Å². The van der Waals surface area contributed by atoms with Crippen molar-refractivity contribution in [3.05, 3.63) is 52.9 Å². The van der Waals surface area contributed by atoms with Crippen molar-refractivity contribution in [2.45, 2.75) is 0 Å². The Labute approximate surface area is 122 Å². The predicted molar refractivity (Wildman–Crippen MR) is 77.2 cm³/mol.